The number of carbonyl (C=O) groups is 1. The molecule has 1 aromatic carbocycles. The van der Waals surface area contributed by atoms with Crippen molar-refractivity contribution < 1.29 is 9.53 Å². The summed E-state index contributed by atoms with van der Waals surface area (Å²) in [4.78, 5) is 19.8. The van der Waals surface area contributed by atoms with Crippen LogP contribution in [0.4, 0.5) is 0 Å². The second-order valence-corrected chi connectivity index (χ2v) is 8.25. The lowest BCUT2D eigenvalue weighted by Gasteiger charge is -2.43. The van der Waals surface area contributed by atoms with Crippen molar-refractivity contribution in [3.8, 4) is 11.1 Å². The number of rotatable bonds is 5. The van der Waals surface area contributed by atoms with Crippen molar-refractivity contribution in [2.24, 2.45) is 13.0 Å². The van der Waals surface area contributed by atoms with Crippen molar-refractivity contribution in [2.45, 2.75) is 25.3 Å². The smallest absolute Gasteiger partial charge is 0.142 e. The van der Waals surface area contributed by atoms with E-state index < -0.39 is 0 Å². The van der Waals surface area contributed by atoms with Crippen molar-refractivity contribution in [1.82, 2.24) is 19.7 Å². The highest BCUT2D eigenvalue weighted by Gasteiger charge is 2.37. The Hall–Kier alpha value is -2.57. The Morgan fingerprint density at radius 1 is 1.10 bits per heavy atom. The molecule has 5 rings (SSSR count). The molecule has 2 fully saturated rings. The van der Waals surface area contributed by atoms with Crippen LogP contribution in [0.25, 0.3) is 21.9 Å². The van der Waals surface area contributed by atoms with Gasteiger partial charge in [-0.2, -0.15) is 5.10 Å². The summed E-state index contributed by atoms with van der Waals surface area (Å²) in [6, 6.07) is 8.94. The van der Waals surface area contributed by atoms with Gasteiger partial charge in [0.2, 0.25) is 0 Å². The molecule has 0 radical (unpaired) electrons. The molecule has 1 aliphatic carbocycles. The van der Waals surface area contributed by atoms with Gasteiger partial charge in [-0.15, -0.1) is 0 Å². The summed E-state index contributed by atoms with van der Waals surface area (Å²) in [5.74, 6) is 0.506. The van der Waals surface area contributed by atoms with Gasteiger partial charge in [0, 0.05) is 67.6 Å². The van der Waals surface area contributed by atoms with Gasteiger partial charge >= 0.3 is 0 Å². The van der Waals surface area contributed by atoms with E-state index in [2.05, 4.69) is 39.2 Å². The minimum Gasteiger partial charge on any atom is -0.379 e. The fraction of sp³-hybridized carbons (Fsp3) is 0.435. The standard InChI is InChI=1S/C23H26N4O2/c1-26-15-20(14-25-26)16-2-3-17-13-24-21(9-18(17)8-16)12-23(28)19-10-22(11-19)27-4-6-29-7-5-27/h2-3,8-9,13-15,19,22H,4-7,10-12H2,1H3. The number of Topliss-reactive ketones (excluding diaryl/α,β-unsaturated/α-hetero) is 1. The summed E-state index contributed by atoms with van der Waals surface area (Å²) in [6.45, 7) is 3.63. The molecule has 1 saturated heterocycles. The van der Waals surface area contributed by atoms with Gasteiger partial charge in [-0.1, -0.05) is 12.1 Å². The van der Waals surface area contributed by atoms with E-state index in [1.807, 2.05) is 25.6 Å². The largest absolute Gasteiger partial charge is 0.379 e. The van der Waals surface area contributed by atoms with Crippen molar-refractivity contribution in [3.63, 3.8) is 0 Å². The number of aryl methyl sites for hydroxylation is 1. The van der Waals surface area contributed by atoms with E-state index in [0.717, 1.165) is 66.7 Å². The average Bonchev–Trinajstić information content (AvgIpc) is 3.13. The number of hydrogen-bond acceptors (Lipinski definition) is 5. The number of nitrogens with zero attached hydrogens (tertiary/aromatic N) is 4. The Morgan fingerprint density at radius 2 is 1.93 bits per heavy atom. The van der Waals surface area contributed by atoms with Crippen LogP contribution in [0.1, 0.15) is 18.5 Å². The molecular weight excluding hydrogens is 364 g/mol. The topological polar surface area (TPSA) is 60.2 Å². The predicted molar refractivity (Wildman–Crippen MR) is 112 cm³/mol. The summed E-state index contributed by atoms with van der Waals surface area (Å²) in [6.07, 6.45) is 8.15. The number of carbonyl (C=O) groups excluding carboxylic acids is 1. The van der Waals surface area contributed by atoms with E-state index in [9.17, 15) is 4.79 Å². The van der Waals surface area contributed by atoms with Gasteiger partial charge in [0.25, 0.3) is 0 Å². The highest BCUT2D eigenvalue weighted by Crippen LogP contribution is 2.34. The third-order valence-electron chi connectivity index (χ3n) is 6.30. The van der Waals surface area contributed by atoms with Crippen molar-refractivity contribution in [2.75, 3.05) is 26.3 Å². The Kier molecular flexibility index (Phi) is 4.89. The quantitative estimate of drug-likeness (QED) is 0.670. The molecule has 0 amide bonds. The minimum absolute atomic E-state index is 0.182. The van der Waals surface area contributed by atoms with Gasteiger partial charge in [-0.05, 0) is 35.9 Å². The number of benzene rings is 1. The van der Waals surface area contributed by atoms with Gasteiger partial charge in [-0.25, -0.2) is 0 Å². The van der Waals surface area contributed by atoms with Crippen LogP contribution in [-0.4, -0.2) is 57.8 Å². The molecule has 0 unspecified atom stereocenters. The summed E-state index contributed by atoms with van der Waals surface area (Å²) in [5, 5.41) is 6.46. The lowest BCUT2D eigenvalue weighted by Crippen LogP contribution is -2.51. The molecule has 1 saturated carbocycles. The molecule has 0 spiro atoms. The molecule has 2 aliphatic rings. The van der Waals surface area contributed by atoms with Crippen molar-refractivity contribution in [3.05, 3.63) is 48.5 Å². The van der Waals surface area contributed by atoms with E-state index in [1.54, 1.807) is 4.68 Å². The zero-order valence-electron chi connectivity index (χ0n) is 16.8. The molecule has 2 aromatic heterocycles. The fourth-order valence-corrected chi connectivity index (χ4v) is 4.45. The molecule has 3 aromatic rings. The first-order valence-corrected chi connectivity index (χ1v) is 10.4. The lowest BCUT2D eigenvalue weighted by molar-refractivity contribution is -0.127. The van der Waals surface area contributed by atoms with Gasteiger partial charge in [0.1, 0.15) is 5.78 Å². The molecule has 0 N–H and O–H groups in total. The van der Waals surface area contributed by atoms with E-state index in [0.29, 0.717) is 18.2 Å². The minimum atomic E-state index is 0.182. The van der Waals surface area contributed by atoms with Crippen LogP contribution < -0.4 is 0 Å². The number of aromatic nitrogens is 3. The first kappa shape index (κ1) is 18.5. The first-order chi connectivity index (χ1) is 14.2. The first-order valence-electron chi connectivity index (χ1n) is 10.4. The molecule has 29 heavy (non-hydrogen) atoms. The van der Waals surface area contributed by atoms with Crippen molar-refractivity contribution in [1.29, 1.82) is 0 Å². The maximum absolute atomic E-state index is 12.8. The average molecular weight is 390 g/mol. The molecule has 6 heteroatoms. The molecular formula is C23H26N4O2. The van der Waals surface area contributed by atoms with E-state index in [4.69, 9.17) is 4.74 Å². The Bertz CT molecular complexity index is 1030. The summed E-state index contributed by atoms with van der Waals surface area (Å²) in [5.41, 5.74) is 3.08. The number of pyridine rings is 1. The Balaban J connectivity index is 1.26. The summed E-state index contributed by atoms with van der Waals surface area (Å²) >= 11 is 0. The molecule has 0 bridgehead atoms. The summed E-state index contributed by atoms with van der Waals surface area (Å²) < 4.78 is 7.23. The second-order valence-electron chi connectivity index (χ2n) is 8.25. The lowest BCUT2D eigenvalue weighted by atomic mass is 9.75. The molecule has 0 atom stereocenters. The second kappa shape index (κ2) is 7.69. The highest BCUT2D eigenvalue weighted by atomic mass is 16.5. The zero-order valence-corrected chi connectivity index (χ0v) is 16.8. The third kappa shape index (κ3) is 3.82. The predicted octanol–water partition coefficient (Wildman–Crippen LogP) is 2.86. The van der Waals surface area contributed by atoms with Gasteiger partial charge in [-0.3, -0.25) is 19.4 Å². The zero-order chi connectivity index (χ0) is 19.8. The number of hydrogen-bond donors (Lipinski definition) is 0. The van der Waals surface area contributed by atoms with Crippen LogP contribution >= 0.6 is 0 Å². The van der Waals surface area contributed by atoms with E-state index in [1.165, 1.54) is 0 Å². The van der Waals surface area contributed by atoms with Crippen LogP contribution in [0.3, 0.4) is 0 Å². The molecule has 3 heterocycles. The van der Waals surface area contributed by atoms with Crippen LogP contribution in [0, 0.1) is 5.92 Å². The number of fused-ring (bicyclic) bond motifs is 1. The normalized spacial score (nSPS) is 22.5. The molecule has 150 valence electrons. The number of ether oxygens (including phenoxy) is 1. The number of ketones is 1. The maximum Gasteiger partial charge on any atom is 0.142 e. The highest BCUT2D eigenvalue weighted by molar-refractivity contribution is 5.89. The Morgan fingerprint density at radius 3 is 2.69 bits per heavy atom. The number of morpholine rings is 1. The van der Waals surface area contributed by atoms with E-state index in [-0.39, 0.29) is 5.92 Å². The molecule has 6 nitrogen and oxygen atoms in total. The van der Waals surface area contributed by atoms with Crippen LogP contribution in [-0.2, 0) is 23.0 Å². The van der Waals surface area contributed by atoms with Gasteiger partial charge in [0.15, 0.2) is 0 Å². The van der Waals surface area contributed by atoms with Crippen LogP contribution in [0.5, 0.6) is 0 Å². The SMILES string of the molecule is Cn1cc(-c2ccc3cnc(CC(=O)C4CC(N5CCOCC5)C4)cc3c2)cn1. The maximum atomic E-state index is 12.8. The monoisotopic (exact) mass is 390 g/mol. The van der Waals surface area contributed by atoms with E-state index >= 15 is 0 Å². The van der Waals surface area contributed by atoms with Gasteiger partial charge < -0.3 is 4.74 Å². The third-order valence-corrected chi connectivity index (χ3v) is 6.30. The fourth-order valence-electron chi connectivity index (χ4n) is 4.45. The van der Waals surface area contributed by atoms with Gasteiger partial charge in [0.05, 0.1) is 19.4 Å². The summed E-state index contributed by atoms with van der Waals surface area (Å²) in [7, 11) is 1.92. The Labute approximate surface area is 170 Å². The van der Waals surface area contributed by atoms with Crippen LogP contribution in [0.15, 0.2) is 42.9 Å². The van der Waals surface area contributed by atoms with Crippen LogP contribution in [0.2, 0.25) is 0 Å². The van der Waals surface area contributed by atoms with Crippen molar-refractivity contribution >= 4 is 16.6 Å². The molecule has 1 aliphatic heterocycles.